The van der Waals surface area contributed by atoms with Crippen molar-refractivity contribution in [3.63, 3.8) is 0 Å². The highest BCUT2D eigenvalue weighted by Crippen LogP contribution is 2.28. The van der Waals surface area contributed by atoms with E-state index in [1.165, 1.54) is 4.88 Å². The van der Waals surface area contributed by atoms with Crippen molar-refractivity contribution in [1.29, 1.82) is 5.26 Å². The Morgan fingerprint density at radius 1 is 1.58 bits per heavy atom. The van der Waals surface area contributed by atoms with Crippen molar-refractivity contribution in [2.24, 2.45) is 5.73 Å². The van der Waals surface area contributed by atoms with Gasteiger partial charge in [0.2, 0.25) is 0 Å². The second-order valence-corrected chi connectivity index (χ2v) is 4.60. The Kier molecular flexibility index (Phi) is 2.22. The lowest BCUT2D eigenvalue weighted by Gasteiger charge is -2.14. The molecular formula is C9H12N2S. The summed E-state index contributed by atoms with van der Waals surface area (Å²) in [4.78, 5) is 2.34. The largest absolute Gasteiger partial charge is 0.310 e. The van der Waals surface area contributed by atoms with Crippen LogP contribution in [0.1, 0.15) is 22.2 Å². The number of hydrogen-bond donors (Lipinski definition) is 1. The van der Waals surface area contributed by atoms with Gasteiger partial charge in [-0.3, -0.25) is 0 Å². The molecule has 3 heteroatoms. The highest BCUT2D eigenvalue weighted by molar-refractivity contribution is 7.12. The average Bonchev–Trinajstić information content (AvgIpc) is 2.31. The van der Waals surface area contributed by atoms with Gasteiger partial charge in [-0.1, -0.05) is 0 Å². The van der Waals surface area contributed by atoms with Gasteiger partial charge in [0.1, 0.15) is 5.54 Å². The molecule has 1 unspecified atom stereocenters. The molecule has 1 atom stereocenters. The highest BCUT2D eigenvalue weighted by Gasteiger charge is 2.23. The van der Waals surface area contributed by atoms with Crippen LogP contribution < -0.4 is 5.73 Å². The monoisotopic (exact) mass is 180 g/mol. The van der Waals surface area contributed by atoms with Crippen LogP contribution in [0.3, 0.4) is 0 Å². The van der Waals surface area contributed by atoms with Crippen LogP contribution in [-0.2, 0) is 5.54 Å². The topological polar surface area (TPSA) is 49.8 Å². The summed E-state index contributed by atoms with van der Waals surface area (Å²) >= 11 is 1.68. The summed E-state index contributed by atoms with van der Waals surface area (Å²) in [7, 11) is 0. The maximum Gasteiger partial charge on any atom is 0.128 e. The van der Waals surface area contributed by atoms with Crippen molar-refractivity contribution in [2.75, 3.05) is 0 Å². The number of rotatable bonds is 1. The first kappa shape index (κ1) is 9.24. The minimum atomic E-state index is -0.838. The van der Waals surface area contributed by atoms with Gasteiger partial charge in [0, 0.05) is 9.75 Å². The molecule has 2 N–H and O–H groups in total. The summed E-state index contributed by atoms with van der Waals surface area (Å²) in [6.07, 6.45) is 0. The fourth-order valence-corrected chi connectivity index (χ4v) is 2.25. The smallest absolute Gasteiger partial charge is 0.128 e. The van der Waals surface area contributed by atoms with E-state index in [-0.39, 0.29) is 0 Å². The average molecular weight is 180 g/mol. The molecule has 1 heterocycles. The molecule has 1 aromatic rings. The molecular weight excluding hydrogens is 168 g/mol. The number of hydrogen-bond acceptors (Lipinski definition) is 3. The third-order valence-corrected chi connectivity index (χ3v) is 2.80. The van der Waals surface area contributed by atoms with E-state index in [1.807, 2.05) is 19.9 Å². The third kappa shape index (κ3) is 1.50. The predicted molar refractivity (Wildman–Crippen MR) is 50.9 cm³/mol. The van der Waals surface area contributed by atoms with Gasteiger partial charge in [0.05, 0.1) is 6.07 Å². The molecule has 0 aliphatic heterocycles. The Labute approximate surface area is 76.6 Å². The van der Waals surface area contributed by atoms with Gasteiger partial charge >= 0.3 is 0 Å². The molecule has 0 amide bonds. The molecule has 0 radical (unpaired) electrons. The number of nitrogens with zero attached hydrogens (tertiary/aromatic N) is 1. The van der Waals surface area contributed by atoms with Crippen molar-refractivity contribution in [2.45, 2.75) is 26.3 Å². The van der Waals surface area contributed by atoms with E-state index in [0.29, 0.717) is 0 Å². The SMILES string of the molecule is Cc1cc(C(C)(N)C#N)c(C)s1. The Morgan fingerprint density at radius 3 is 2.50 bits per heavy atom. The van der Waals surface area contributed by atoms with Crippen LogP contribution in [0.4, 0.5) is 0 Å². The second-order valence-electron chi connectivity index (χ2n) is 3.14. The summed E-state index contributed by atoms with van der Waals surface area (Å²) < 4.78 is 0. The predicted octanol–water partition coefficient (Wildman–Crippen LogP) is 2.06. The van der Waals surface area contributed by atoms with Crippen LogP contribution >= 0.6 is 11.3 Å². The molecule has 0 saturated carbocycles. The maximum absolute atomic E-state index is 8.81. The van der Waals surface area contributed by atoms with E-state index < -0.39 is 5.54 Å². The van der Waals surface area contributed by atoms with Gasteiger partial charge in [-0.2, -0.15) is 5.26 Å². The van der Waals surface area contributed by atoms with Gasteiger partial charge in [-0.05, 0) is 32.4 Å². The van der Waals surface area contributed by atoms with Gasteiger partial charge < -0.3 is 5.73 Å². The Bertz CT molecular complexity index is 331. The minimum Gasteiger partial charge on any atom is -0.310 e. The summed E-state index contributed by atoms with van der Waals surface area (Å²) in [6, 6.07) is 4.09. The molecule has 0 aromatic carbocycles. The lowest BCUT2D eigenvalue weighted by Crippen LogP contribution is -2.30. The Balaban J connectivity index is 3.21. The van der Waals surface area contributed by atoms with E-state index in [4.69, 9.17) is 11.0 Å². The molecule has 0 aliphatic rings. The van der Waals surface area contributed by atoms with Crippen molar-refractivity contribution in [1.82, 2.24) is 0 Å². The molecule has 0 spiro atoms. The quantitative estimate of drug-likeness (QED) is 0.719. The molecule has 1 aromatic heterocycles. The normalized spacial score (nSPS) is 15.2. The summed E-state index contributed by atoms with van der Waals surface area (Å²) in [5.41, 5.74) is 5.91. The Morgan fingerprint density at radius 2 is 2.17 bits per heavy atom. The number of nitriles is 1. The summed E-state index contributed by atoms with van der Waals surface area (Å²) in [5, 5.41) is 8.81. The fourth-order valence-electron chi connectivity index (χ4n) is 1.21. The van der Waals surface area contributed by atoms with Gasteiger partial charge in [0.15, 0.2) is 0 Å². The highest BCUT2D eigenvalue weighted by atomic mass is 32.1. The zero-order chi connectivity index (χ0) is 9.35. The molecule has 1 rings (SSSR count). The van der Waals surface area contributed by atoms with Crippen molar-refractivity contribution in [3.05, 3.63) is 21.4 Å². The molecule has 2 nitrogen and oxygen atoms in total. The molecule has 0 fully saturated rings. The molecule has 64 valence electrons. The zero-order valence-electron chi connectivity index (χ0n) is 7.51. The first-order valence-corrected chi connectivity index (χ1v) is 4.56. The first-order valence-electron chi connectivity index (χ1n) is 3.75. The van der Waals surface area contributed by atoms with Gasteiger partial charge in [0.25, 0.3) is 0 Å². The summed E-state index contributed by atoms with van der Waals surface area (Å²) in [5.74, 6) is 0. The van der Waals surface area contributed by atoms with E-state index in [2.05, 4.69) is 6.07 Å². The van der Waals surface area contributed by atoms with Crippen LogP contribution in [0.15, 0.2) is 6.07 Å². The van der Waals surface area contributed by atoms with E-state index in [1.54, 1.807) is 18.3 Å². The Hall–Kier alpha value is -0.850. The van der Waals surface area contributed by atoms with Crippen LogP contribution in [0.5, 0.6) is 0 Å². The van der Waals surface area contributed by atoms with Crippen LogP contribution in [0.2, 0.25) is 0 Å². The van der Waals surface area contributed by atoms with Crippen molar-refractivity contribution >= 4 is 11.3 Å². The maximum atomic E-state index is 8.81. The van der Waals surface area contributed by atoms with E-state index >= 15 is 0 Å². The number of nitrogens with two attached hydrogens (primary N) is 1. The zero-order valence-corrected chi connectivity index (χ0v) is 8.33. The van der Waals surface area contributed by atoms with Gasteiger partial charge in [-0.25, -0.2) is 0 Å². The van der Waals surface area contributed by atoms with Crippen LogP contribution in [-0.4, -0.2) is 0 Å². The number of thiophene rings is 1. The minimum absolute atomic E-state index is 0.838. The molecule has 0 aliphatic carbocycles. The lowest BCUT2D eigenvalue weighted by atomic mass is 9.96. The first-order chi connectivity index (χ1) is 5.47. The van der Waals surface area contributed by atoms with Crippen molar-refractivity contribution in [3.8, 4) is 6.07 Å². The van der Waals surface area contributed by atoms with Crippen molar-refractivity contribution < 1.29 is 0 Å². The van der Waals surface area contributed by atoms with Crippen LogP contribution in [0, 0.1) is 25.2 Å². The summed E-state index contributed by atoms with van der Waals surface area (Å²) in [6.45, 7) is 5.76. The van der Waals surface area contributed by atoms with Crippen LogP contribution in [0.25, 0.3) is 0 Å². The molecule has 12 heavy (non-hydrogen) atoms. The lowest BCUT2D eigenvalue weighted by molar-refractivity contribution is 0.645. The molecule has 0 bridgehead atoms. The van der Waals surface area contributed by atoms with E-state index in [0.717, 1.165) is 10.4 Å². The van der Waals surface area contributed by atoms with E-state index in [9.17, 15) is 0 Å². The standard InChI is InChI=1S/C9H12N2S/c1-6-4-8(7(2)12-6)9(3,11)5-10/h4H,11H2,1-3H3. The fraction of sp³-hybridized carbons (Fsp3) is 0.444. The second kappa shape index (κ2) is 2.89. The number of aryl methyl sites for hydroxylation is 2. The third-order valence-electron chi connectivity index (χ3n) is 1.83. The van der Waals surface area contributed by atoms with Gasteiger partial charge in [-0.15, -0.1) is 11.3 Å². The molecule has 0 saturated heterocycles.